The molecule has 0 bridgehead atoms. The number of halogens is 3. The van der Waals surface area contributed by atoms with Crippen LogP contribution in [0, 0.1) is 5.92 Å². The average molecular weight is 286 g/mol. The molecule has 1 saturated heterocycles. The van der Waals surface area contributed by atoms with Gasteiger partial charge in [0.25, 0.3) is 0 Å². The van der Waals surface area contributed by atoms with Crippen LogP contribution in [0.4, 0.5) is 13.2 Å². The number of likely N-dealkylation sites (tertiary alicyclic amines) is 1. The molecule has 7 heteroatoms. The first-order valence-electron chi connectivity index (χ1n) is 5.93. The van der Waals surface area contributed by atoms with Gasteiger partial charge in [0, 0.05) is 19.5 Å². The van der Waals surface area contributed by atoms with E-state index in [4.69, 9.17) is 5.73 Å². The number of carbonyl (C=O) groups excluding carboxylic acids is 2. The van der Waals surface area contributed by atoms with Crippen molar-refractivity contribution in [3.05, 3.63) is 35.4 Å². The lowest BCUT2D eigenvalue weighted by Crippen LogP contribution is -2.33. The van der Waals surface area contributed by atoms with Crippen LogP contribution < -0.4 is 5.73 Å². The smallest absolute Gasteiger partial charge is 0.369 e. The number of rotatable bonds is 2. The maximum atomic E-state index is 12.5. The summed E-state index contributed by atoms with van der Waals surface area (Å²) >= 11 is 0. The summed E-state index contributed by atoms with van der Waals surface area (Å²) in [5.41, 5.74) is 4.94. The molecular weight excluding hydrogens is 273 g/mol. The van der Waals surface area contributed by atoms with Gasteiger partial charge in [0.1, 0.15) is 5.92 Å². The highest BCUT2D eigenvalue weighted by molar-refractivity contribution is 6.02. The van der Waals surface area contributed by atoms with Crippen LogP contribution in [0.1, 0.15) is 17.0 Å². The lowest BCUT2D eigenvalue weighted by atomic mass is 9.87. The topological polar surface area (TPSA) is 63.4 Å². The van der Waals surface area contributed by atoms with Crippen LogP contribution in [-0.4, -0.2) is 30.3 Å². The van der Waals surface area contributed by atoms with Crippen molar-refractivity contribution in [3.63, 3.8) is 0 Å². The van der Waals surface area contributed by atoms with Crippen LogP contribution in [0.2, 0.25) is 0 Å². The summed E-state index contributed by atoms with van der Waals surface area (Å²) in [7, 11) is 1.53. The summed E-state index contributed by atoms with van der Waals surface area (Å²) in [6.45, 7) is 0.262. The zero-order valence-electron chi connectivity index (χ0n) is 10.6. The second kappa shape index (κ2) is 4.81. The first-order chi connectivity index (χ1) is 9.21. The molecule has 108 valence electrons. The Morgan fingerprint density at radius 3 is 2.30 bits per heavy atom. The fourth-order valence-corrected chi connectivity index (χ4v) is 2.44. The molecule has 2 rings (SSSR count). The molecule has 1 aromatic rings. The van der Waals surface area contributed by atoms with E-state index in [2.05, 4.69) is 0 Å². The Morgan fingerprint density at radius 1 is 1.30 bits per heavy atom. The van der Waals surface area contributed by atoms with Crippen molar-refractivity contribution in [2.75, 3.05) is 13.6 Å². The highest BCUT2D eigenvalue weighted by Gasteiger charge is 2.43. The van der Waals surface area contributed by atoms with Crippen molar-refractivity contribution in [1.82, 2.24) is 4.90 Å². The molecule has 0 spiro atoms. The van der Waals surface area contributed by atoms with Gasteiger partial charge in [-0.3, -0.25) is 9.59 Å². The molecule has 0 aliphatic carbocycles. The minimum Gasteiger partial charge on any atom is -0.369 e. The van der Waals surface area contributed by atoms with E-state index in [0.717, 1.165) is 12.1 Å². The maximum absolute atomic E-state index is 12.5. The molecule has 1 fully saturated rings. The van der Waals surface area contributed by atoms with Crippen molar-refractivity contribution >= 4 is 11.8 Å². The number of hydrogen-bond donors (Lipinski definition) is 1. The van der Waals surface area contributed by atoms with E-state index in [1.807, 2.05) is 0 Å². The van der Waals surface area contributed by atoms with Crippen molar-refractivity contribution in [1.29, 1.82) is 0 Å². The van der Waals surface area contributed by atoms with Gasteiger partial charge < -0.3 is 10.6 Å². The molecule has 2 unspecified atom stereocenters. The van der Waals surface area contributed by atoms with Crippen molar-refractivity contribution in [3.8, 4) is 0 Å². The number of nitrogens with zero attached hydrogens (tertiary/aromatic N) is 1. The normalized spacial score (nSPS) is 23.2. The molecule has 1 aliphatic rings. The van der Waals surface area contributed by atoms with Gasteiger partial charge in [-0.1, -0.05) is 12.1 Å². The Balaban J connectivity index is 2.31. The van der Waals surface area contributed by atoms with E-state index in [1.54, 1.807) is 0 Å². The first-order valence-corrected chi connectivity index (χ1v) is 5.93. The highest BCUT2D eigenvalue weighted by atomic mass is 19.4. The molecule has 0 radical (unpaired) electrons. The van der Waals surface area contributed by atoms with E-state index < -0.39 is 35.4 Å². The number of amides is 2. The number of nitrogens with two attached hydrogens (primary N) is 1. The van der Waals surface area contributed by atoms with Gasteiger partial charge in [0.2, 0.25) is 11.8 Å². The number of benzene rings is 1. The SMILES string of the molecule is CN1CC(c2ccc(C(F)(F)F)cc2)C(C(N)=O)C1=O. The summed E-state index contributed by atoms with van der Waals surface area (Å²) in [5.74, 6) is -2.68. The van der Waals surface area contributed by atoms with Gasteiger partial charge in [-0.15, -0.1) is 0 Å². The quantitative estimate of drug-likeness (QED) is 0.834. The number of hydrogen-bond acceptors (Lipinski definition) is 2. The Bertz CT molecular complexity index is 540. The Kier molecular flexibility index (Phi) is 3.45. The van der Waals surface area contributed by atoms with E-state index in [9.17, 15) is 22.8 Å². The summed E-state index contributed by atoms with van der Waals surface area (Å²) in [6.07, 6.45) is -4.41. The van der Waals surface area contributed by atoms with Crippen LogP contribution >= 0.6 is 0 Å². The molecule has 4 nitrogen and oxygen atoms in total. The summed E-state index contributed by atoms with van der Waals surface area (Å²) < 4.78 is 37.5. The molecule has 1 aliphatic heterocycles. The molecule has 1 aromatic carbocycles. The Hall–Kier alpha value is -2.05. The minimum atomic E-state index is -4.41. The molecule has 0 aromatic heterocycles. The Labute approximate surface area is 113 Å². The number of alkyl halides is 3. The van der Waals surface area contributed by atoms with Gasteiger partial charge in [-0.05, 0) is 17.7 Å². The molecule has 0 saturated carbocycles. The molecule has 1 heterocycles. The molecule has 2 atom stereocenters. The predicted octanol–water partition coefficient (Wildman–Crippen LogP) is 1.36. The predicted molar refractivity (Wildman–Crippen MR) is 64.5 cm³/mol. The maximum Gasteiger partial charge on any atom is 0.416 e. The van der Waals surface area contributed by atoms with E-state index >= 15 is 0 Å². The van der Waals surface area contributed by atoms with Crippen LogP contribution in [0.3, 0.4) is 0 Å². The number of likely N-dealkylation sites (N-methyl/N-ethyl adjacent to an activating group) is 1. The van der Waals surface area contributed by atoms with Gasteiger partial charge in [-0.25, -0.2) is 0 Å². The third-order valence-electron chi connectivity index (χ3n) is 3.49. The third kappa shape index (κ3) is 2.48. The van der Waals surface area contributed by atoms with Crippen LogP contribution in [-0.2, 0) is 15.8 Å². The molecule has 2 N–H and O–H groups in total. The van der Waals surface area contributed by atoms with E-state index in [0.29, 0.717) is 5.56 Å². The van der Waals surface area contributed by atoms with Gasteiger partial charge in [-0.2, -0.15) is 13.2 Å². The number of carbonyl (C=O) groups is 2. The van der Waals surface area contributed by atoms with Crippen molar-refractivity contribution < 1.29 is 22.8 Å². The van der Waals surface area contributed by atoms with Gasteiger partial charge in [0.05, 0.1) is 5.56 Å². The second-order valence-electron chi connectivity index (χ2n) is 4.83. The van der Waals surface area contributed by atoms with Gasteiger partial charge in [0.15, 0.2) is 0 Å². The zero-order valence-corrected chi connectivity index (χ0v) is 10.6. The third-order valence-corrected chi connectivity index (χ3v) is 3.49. The summed E-state index contributed by atoms with van der Waals surface area (Å²) in [4.78, 5) is 24.5. The molecule has 2 amide bonds. The average Bonchev–Trinajstić information content (AvgIpc) is 2.65. The molecule has 20 heavy (non-hydrogen) atoms. The lowest BCUT2D eigenvalue weighted by Gasteiger charge is -2.15. The van der Waals surface area contributed by atoms with Crippen LogP contribution in [0.5, 0.6) is 0 Å². The summed E-state index contributed by atoms with van der Waals surface area (Å²) in [6, 6.07) is 4.46. The number of primary amides is 1. The monoisotopic (exact) mass is 286 g/mol. The largest absolute Gasteiger partial charge is 0.416 e. The van der Waals surface area contributed by atoms with Gasteiger partial charge >= 0.3 is 6.18 Å². The minimum absolute atomic E-state index is 0.262. The van der Waals surface area contributed by atoms with Crippen LogP contribution in [0.25, 0.3) is 0 Å². The molecular formula is C13H13F3N2O2. The fourth-order valence-electron chi connectivity index (χ4n) is 2.44. The first kappa shape index (κ1) is 14.4. The Morgan fingerprint density at radius 2 is 1.85 bits per heavy atom. The zero-order chi connectivity index (χ0) is 15.1. The standard InChI is InChI=1S/C13H13F3N2O2/c1-18-6-9(10(11(17)19)12(18)20)7-2-4-8(5-3-7)13(14,15)16/h2-5,9-10H,6H2,1H3,(H2,17,19). The van der Waals surface area contributed by atoms with Crippen molar-refractivity contribution in [2.24, 2.45) is 11.7 Å². The second-order valence-corrected chi connectivity index (χ2v) is 4.83. The summed E-state index contributed by atoms with van der Waals surface area (Å²) in [5, 5.41) is 0. The highest BCUT2D eigenvalue weighted by Crippen LogP contribution is 2.35. The van der Waals surface area contributed by atoms with Crippen LogP contribution in [0.15, 0.2) is 24.3 Å². The fraction of sp³-hybridized carbons (Fsp3) is 0.385. The van der Waals surface area contributed by atoms with E-state index in [1.165, 1.54) is 24.1 Å². The van der Waals surface area contributed by atoms with E-state index in [-0.39, 0.29) is 6.54 Å². The lowest BCUT2D eigenvalue weighted by molar-refractivity contribution is -0.138. The van der Waals surface area contributed by atoms with Crippen molar-refractivity contribution in [2.45, 2.75) is 12.1 Å².